The zero-order chi connectivity index (χ0) is 15.2. The third-order valence-electron chi connectivity index (χ3n) is 2.96. The molecule has 0 bridgehead atoms. The van der Waals surface area contributed by atoms with Crippen LogP contribution in [0.3, 0.4) is 0 Å². The number of hydrogen-bond acceptors (Lipinski definition) is 4. The molecule has 0 aliphatic rings. The van der Waals surface area contributed by atoms with Crippen LogP contribution in [0, 0.1) is 0 Å². The van der Waals surface area contributed by atoms with Gasteiger partial charge in [0.2, 0.25) is 5.91 Å². The molecule has 0 radical (unpaired) electrons. The number of benzene rings is 1. The Morgan fingerprint density at radius 1 is 1.24 bits per heavy atom. The molecule has 0 heterocycles. The van der Waals surface area contributed by atoms with Gasteiger partial charge in [-0.25, -0.2) is 0 Å². The summed E-state index contributed by atoms with van der Waals surface area (Å²) in [6.07, 6.45) is 1.70. The molecule has 1 aromatic carbocycles. The van der Waals surface area contributed by atoms with Crippen LogP contribution in [0.15, 0.2) is 18.2 Å². The first-order valence-corrected chi connectivity index (χ1v) is 6.66. The molecule has 1 rings (SSSR count). The Balaban J connectivity index is 0.00000400. The predicted octanol–water partition coefficient (Wildman–Crippen LogP) is 1.91. The van der Waals surface area contributed by atoms with Gasteiger partial charge in [-0.1, -0.05) is 6.07 Å². The Bertz CT molecular complexity index is 459. The summed E-state index contributed by atoms with van der Waals surface area (Å²) < 4.78 is 10.4. The molecule has 1 amide bonds. The molecule has 3 N–H and O–H groups in total. The van der Waals surface area contributed by atoms with E-state index in [1.807, 2.05) is 18.2 Å². The Hall–Kier alpha value is -1.46. The van der Waals surface area contributed by atoms with Crippen molar-refractivity contribution in [3.05, 3.63) is 23.8 Å². The molecular weight excluding hydrogens is 292 g/mol. The third kappa shape index (κ3) is 6.23. The largest absolute Gasteiger partial charge is 0.493 e. The number of ether oxygens (including phenoxy) is 2. The second-order valence-electron chi connectivity index (χ2n) is 5.27. The number of methoxy groups -OCH3 is 2. The third-order valence-corrected chi connectivity index (χ3v) is 2.96. The summed E-state index contributed by atoms with van der Waals surface area (Å²) in [6, 6.07) is 5.83. The van der Waals surface area contributed by atoms with Gasteiger partial charge < -0.3 is 20.5 Å². The quantitative estimate of drug-likeness (QED) is 0.754. The van der Waals surface area contributed by atoms with Crippen LogP contribution in [0.5, 0.6) is 11.5 Å². The Morgan fingerprint density at radius 2 is 1.86 bits per heavy atom. The number of amides is 1. The fourth-order valence-electron chi connectivity index (χ4n) is 1.76. The molecule has 0 saturated heterocycles. The van der Waals surface area contributed by atoms with Gasteiger partial charge in [-0.05, 0) is 44.4 Å². The van der Waals surface area contributed by atoms with E-state index in [0.29, 0.717) is 6.54 Å². The average molecular weight is 317 g/mol. The van der Waals surface area contributed by atoms with Gasteiger partial charge in [-0.15, -0.1) is 12.4 Å². The van der Waals surface area contributed by atoms with Crippen LogP contribution in [0.1, 0.15) is 25.8 Å². The van der Waals surface area contributed by atoms with Gasteiger partial charge in [-0.2, -0.15) is 0 Å². The number of nitrogens with two attached hydrogens (primary N) is 1. The van der Waals surface area contributed by atoms with Crippen LogP contribution in [0.4, 0.5) is 0 Å². The number of carbonyl (C=O) groups excluding carboxylic acids is 1. The summed E-state index contributed by atoms with van der Waals surface area (Å²) >= 11 is 0. The Morgan fingerprint density at radius 3 is 2.38 bits per heavy atom. The van der Waals surface area contributed by atoms with Crippen LogP contribution >= 0.6 is 12.4 Å². The van der Waals surface area contributed by atoms with E-state index < -0.39 is 5.54 Å². The maximum absolute atomic E-state index is 11.6. The van der Waals surface area contributed by atoms with Crippen LogP contribution in [0.25, 0.3) is 0 Å². The average Bonchev–Trinajstić information content (AvgIpc) is 2.41. The number of rotatable bonds is 7. The summed E-state index contributed by atoms with van der Waals surface area (Å²) in [5.74, 6) is 1.30. The van der Waals surface area contributed by atoms with Crippen molar-refractivity contribution in [2.75, 3.05) is 20.8 Å². The maximum atomic E-state index is 11.6. The lowest BCUT2D eigenvalue weighted by molar-refractivity contribution is -0.125. The molecule has 0 unspecified atom stereocenters. The van der Waals surface area contributed by atoms with Gasteiger partial charge in [0.25, 0.3) is 0 Å². The van der Waals surface area contributed by atoms with E-state index in [0.717, 1.165) is 29.9 Å². The standard InChI is InChI=1S/C15H24N2O3.ClH/c1-15(2,16)14(18)17-9-5-6-11-7-8-12(19-3)13(10-11)20-4;/h7-8,10H,5-6,9,16H2,1-4H3,(H,17,18);1H. The molecule has 0 aliphatic heterocycles. The molecule has 120 valence electrons. The molecule has 0 spiro atoms. The van der Waals surface area contributed by atoms with Crippen molar-refractivity contribution in [2.45, 2.75) is 32.2 Å². The van der Waals surface area contributed by atoms with E-state index in [-0.39, 0.29) is 18.3 Å². The number of halogens is 1. The van der Waals surface area contributed by atoms with E-state index in [4.69, 9.17) is 15.2 Å². The van der Waals surface area contributed by atoms with Crippen molar-refractivity contribution in [2.24, 2.45) is 5.73 Å². The molecule has 1 aromatic rings. The molecular formula is C15H25ClN2O3. The van der Waals surface area contributed by atoms with Gasteiger partial charge in [0.15, 0.2) is 11.5 Å². The van der Waals surface area contributed by atoms with E-state index in [1.54, 1.807) is 28.1 Å². The highest BCUT2D eigenvalue weighted by molar-refractivity contribution is 5.85. The van der Waals surface area contributed by atoms with Crippen molar-refractivity contribution >= 4 is 18.3 Å². The lowest BCUT2D eigenvalue weighted by Crippen LogP contribution is -2.49. The molecule has 21 heavy (non-hydrogen) atoms. The first-order valence-electron chi connectivity index (χ1n) is 6.66. The van der Waals surface area contributed by atoms with E-state index in [2.05, 4.69) is 5.32 Å². The van der Waals surface area contributed by atoms with Crippen LogP contribution in [-0.4, -0.2) is 32.2 Å². The zero-order valence-electron chi connectivity index (χ0n) is 13.1. The zero-order valence-corrected chi connectivity index (χ0v) is 13.9. The van der Waals surface area contributed by atoms with Gasteiger partial charge in [0, 0.05) is 6.54 Å². The van der Waals surface area contributed by atoms with Crippen molar-refractivity contribution in [3.63, 3.8) is 0 Å². The van der Waals surface area contributed by atoms with Crippen molar-refractivity contribution in [3.8, 4) is 11.5 Å². The number of aryl methyl sites for hydroxylation is 1. The van der Waals surface area contributed by atoms with Crippen molar-refractivity contribution < 1.29 is 14.3 Å². The maximum Gasteiger partial charge on any atom is 0.239 e. The van der Waals surface area contributed by atoms with Crippen LogP contribution in [0.2, 0.25) is 0 Å². The first-order chi connectivity index (χ1) is 9.38. The summed E-state index contributed by atoms with van der Waals surface area (Å²) in [4.78, 5) is 11.6. The summed E-state index contributed by atoms with van der Waals surface area (Å²) in [5, 5.41) is 2.82. The number of hydrogen-bond donors (Lipinski definition) is 2. The summed E-state index contributed by atoms with van der Waals surface area (Å²) in [6.45, 7) is 3.99. The number of nitrogens with one attached hydrogen (secondary N) is 1. The van der Waals surface area contributed by atoms with E-state index in [9.17, 15) is 4.79 Å². The number of carbonyl (C=O) groups is 1. The van der Waals surface area contributed by atoms with Crippen LogP contribution in [-0.2, 0) is 11.2 Å². The highest BCUT2D eigenvalue weighted by Crippen LogP contribution is 2.27. The second kappa shape index (κ2) is 8.74. The molecule has 0 aliphatic carbocycles. The Labute approximate surface area is 132 Å². The molecule has 0 aromatic heterocycles. The lowest BCUT2D eigenvalue weighted by atomic mass is 10.1. The van der Waals surface area contributed by atoms with Crippen molar-refractivity contribution in [1.82, 2.24) is 5.32 Å². The second-order valence-corrected chi connectivity index (χ2v) is 5.27. The van der Waals surface area contributed by atoms with Gasteiger partial charge in [0.05, 0.1) is 19.8 Å². The fraction of sp³-hybridized carbons (Fsp3) is 0.533. The lowest BCUT2D eigenvalue weighted by Gasteiger charge is -2.17. The SMILES string of the molecule is COc1ccc(CCCNC(=O)C(C)(C)N)cc1OC.Cl. The molecule has 6 heteroatoms. The fourth-order valence-corrected chi connectivity index (χ4v) is 1.76. The summed E-state index contributed by atoms with van der Waals surface area (Å²) in [5.41, 5.74) is 6.01. The smallest absolute Gasteiger partial charge is 0.239 e. The minimum atomic E-state index is -0.830. The van der Waals surface area contributed by atoms with E-state index >= 15 is 0 Å². The Kier molecular flexibility index (Phi) is 8.14. The minimum absolute atomic E-state index is 0. The topological polar surface area (TPSA) is 73.6 Å². The van der Waals surface area contributed by atoms with Gasteiger partial charge in [-0.3, -0.25) is 4.79 Å². The monoisotopic (exact) mass is 316 g/mol. The normalized spacial score (nSPS) is 10.5. The van der Waals surface area contributed by atoms with Gasteiger partial charge >= 0.3 is 0 Å². The van der Waals surface area contributed by atoms with E-state index in [1.165, 1.54) is 0 Å². The van der Waals surface area contributed by atoms with Crippen LogP contribution < -0.4 is 20.5 Å². The van der Waals surface area contributed by atoms with Crippen molar-refractivity contribution in [1.29, 1.82) is 0 Å². The molecule has 0 fully saturated rings. The highest BCUT2D eigenvalue weighted by atomic mass is 35.5. The highest BCUT2D eigenvalue weighted by Gasteiger charge is 2.20. The summed E-state index contributed by atoms with van der Waals surface area (Å²) in [7, 11) is 3.23. The van der Waals surface area contributed by atoms with Gasteiger partial charge in [0.1, 0.15) is 0 Å². The minimum Gasteiger partial charge on any atom is -0.493 e. The predicted molar refractivity (Wildman–Crippen MR) is 86.4 cm³/mol. The molecule has 0 saturated carbocycles. The first kappa shape index (κ1) is 19.5. The molecule has 5 nitrogen and oxygen atoms in total. The molecule has 0 atom stereocenters.